The van der Waals surface area contributed by atoms with Crippen LogP contribution in [0.4, 0.5) is 14.5 Å². The Labute approximate surface area is 145 Å². The summed E-state index contributed by atoms with van der Waals surface area (Å²) in [7, 11) is 0. The molecule has 2 aromatic rings. The van der Waals surface area contributed by atoms with Gasteiger partial charge in [-0.25, -0.2) is 8.78 Å². The second-order valence-corrected chi connectivity index (χ2v) is 5.64. The van der Waals surface area contributed by atoms with E-state index in [9.17, 15) is 18.4 Å². The number of carbonyl (C=O) groups is 2. The van der Waals surface area contributed by atoms with E-state index in [0.717, 1.165) is 17.7 Å². The lowest BCUT2D eigenvalue weighted by Crippen LogP contribution is -2.33. The third kappa shape index (κ3) is 5.67. The zero-order chi connectivity index (χ0) is 18.2. The first kappa shape index (κ1) is 18.6. The highest BCUT2D eigenvalue weighted by Gasteiger charge is 2.14. The summed E-state index contributed by atoms with van der Waals surface area (Å²) in [6.07, 6.45) is 0.631. The van der Waals surface area contributed by atoms with Crippen LogP contribution in [0.25, 0.3) is 0 Å². The molecular formula is C19H20F2N2O2. The van der Waals surface area contributed by atoms with Gasteiger partial charge in [0.25, 0.3) is 0 Å². The number of rotatable bonds is 7. The average molecular weight is 346 g/mol. The Balaban J connectivity index is 1.88. The third-order valence-corrected chi connectivity index (χ3v) is 3.79. The van der Waals surface area contributed by atoms with Gasteiger partial charge in [0.15, 0.2) is 0 Å². The molecule has 0 radical (unpaired) electrons. The fourth-order valence-electron chi connectivity index (χ4n) is 2.39. The molecule has 0 aromatic heterocycles. The molecule has 0 saturated carbocycles. The number of nitrogens with zero attached hydrogens (tertiary/aromatic N) is 1. The summed E-state index contributed by atoms with van der Waals surface area (Å²) < 4.78 is 27.1. The molecule has 6 heteroatoms. The van der Waals surface area contributed by atoms with Gasteiger partial charge >= 0.3 is 0 Å². The maximum atomic E-state index is 13.5. The Morgan fingerprint density at radius 2 is 1.60 bits per heavy atom. The minimum absolute atomic E-state index is 0.0395. The van der Waals surface area contributed by atoms with Crippen LogP contribution in [-0.2, 0) is 16.0 Å². The van der Waals surface area contributed by atoms with Crippen molar-refractivity contribution in [2.75, 3.05) is 18.4 Å². The van der Waals surface area contributed by atoms with Crippen molar-refractivity contribution >= 4 is 17.5 Å². The first-order valence-electron chi connectivity index (χ1n) is 8.00. The van der Waals surface area contributed by atoms with Crippen LogP contribution in [0.5, 0.6) is 0 Å². The maximum absolute atomic E-state index is 13.5. The molecule has 0 unspecified atom stereocenters. The first-order valence-corrected chi connectivity index (χ1v) is 8.00. The minimum Gasteiger partial charge on any atom is -0.342 e. The summed E-state index contributed by atoms with van der Waals surface area (Å²) >= 11 is 0. The van der Waals surface area contributed by atoms with Crippen molar-refractivity contribution in [3.8, 4) is 0 Å². The van der Waals surface area contributed by atoms with Crippen LogP contribution in [-0.4, -0.2) is 29.8 Å². The predicted molar refractivity (Wildman–Crippen MR) is 92.0 cm³/mol. The highest BCUT2D eigenvalue weighted by molar-refractivity contribution is 5.91. The first-order chi connectivity index (χ1) is 12.0. The summed E-state index contributed by atoms with van der Waals surface area (Å²) in [5.74, 6) is -2.36. The van der Waals surface area contributed by atoms with Gasteiger partial charge in [-0.2, -0.15) is 0 Å². The second kappa shape index (κ2) is 8.92. The van der Waals surface area contributed by atoms with Crippen molar-refractivity contribution in [1.29, 1.82) is 0 Å². The van der Waals surface area contributed by atoms with Crippen molar-refractivity contribution in [3.05, 3.63) is 65.7 Å². The van der Waals surface area contributed by atoms with Gasteiger partial charge in [0.2, 0.25) is 11.8 Å². The Hall–Kier alpha value is -2.76. The van der Waals surface area contributed by atoms with Gasteiger partial charge in [-0.1, -0.05) is 36.4 Å². The van der Waals surface area contributed by atoms with Crippen molar-refractivity contribution in [2.45, 2.75) is 19.8 Å². The number of nitrogens with one attached hydrogen (secondary N) is 1. The zero-order valence-corrected chi connectivity index (χ0v) is 14.0. The van der Waals surface area contributed by atoms with Gasteiger partial charge in [-0.3, -0.25) is 9.59 Å². The Kier molecular flexibility index (Phi) is 6.62. The van der Waals surface area contributed by atoms with Gasteiger partial charge < -0.3 is 10.2 Å². The van der Waals surface area contributed by atoms with Crippen molar-refractivity contribution in [1.82, 2.24) is 4.90 Å². The fraction of sp³-hybridized carbons (Fsp3) is 0.263. The van der Waals surface area contributed by atoms with Crippen LogP contribution in [0.3, 0.4) is 0 Å². The van der Waals surface area contributed by atoms with Crippen LogP contribution < -0.4 is 5.32 Å². The number of halogens is 2. The van der Waals surface area contributed by atoms with E-state index < -0.39 is 23.2 Å². The molecule has 2 amide bonds. The molecule has 0 aliphatic carbocycles. The Morgan fingerprint density at radius 3 is 2.20 bits per heavy atom. The molecule has 2 rings (SSSR count). The normalized spacial score (nSPS) is 10.4. The summed E-state index contributed by atoms with van der Waals surface area (Å²) in [5.41, 5.74) is 0.623. The van der Waals surface area contributed by atoms with E-state index in [-0.39, 0.29) is 18.9 Å². The van der Waals surface area contributed by atoms with E-state index in [4.69, 9.17) is 0 Å². The molecule has 132 valence electrons. The highest BCUT2D eigenvalue weighted by atomic mass is 19.1. The lowest BCUT2D eigenvalue weighted by molar-refractivity contribution is -0.129. The summed E-state index contributed by atoms with van der Waals surface area (Å²) in [6.45, 7) is 2.09. The summed E-state index contributed by atoms with van der Waals surface area (Å²) in [5, 5.41) is 2.22. The number of benzene rings is 2. The number of anilines is 1. The highest BCUT2D eigenvalue weighted by Crippen LogP contribution is 2.18. The standard InChI is InChI=1S/C19H20F2N2O2/c1-14(24)23(12-10-15-6-3-2-4-7-15)13-11-18(25)22-19-16(20)8-5-9-17(19)21/h2-9H,10-13H2,1H3,(H,22,25). The van der Waals surface area contributed by atoms with Crippen LogP contribution in [0.15, 0.2) is 48.5 Å². The van der Waals surface area contributed by atoms with Crippen molar-refractivity contribution in [3.63, 3.8) is 0 Å². The number of hydrogen-bond donors (Lipinski definition) is 1. The van der Waals surface area contributed by atoms with Gasteiger partial charge in [-0.15, -0.1) is 0 Å². The largest absolute Gasteiger partial charge is 0.342 e. The van der Waals surface area contributed by atoms with Gasteiger partial charge in [0.05, 0.1) is 0 Å². The number of hydrogen-bond acceptors (Lipinski definition) is 2. The van der Waals surface area contributed by atoms with Crippen LogP contribution in [0, 0.1) is 11.6 Å². The molecule has 25 heavy (non-hydrogen) atoms. The molecule has 0 bridgehead atoms. The second-order valence-electron chi connectivity index (χ2n) is 5.64. The van der Waals surface area contributed by atoms with Gasteiger partial charge in [0.1, 0.15) is 17.3 Å². The lowest BCUT2D eigenvalue weighted by Gasteiger charge is -2.21. The third-order valence-electron chi connectivity index (χ3n) is 3.79. The molecule has 0 atom stereocenters. The number of para-hydroxylation sites is 1. The monoisotopic (exact) mass is 346 g/mol. The summed E-state index contributed by atoms with van der Waals surface area (Å²) in [4.78, 5) is 25.2. The minimum atomic E-state index is -0.833. The average Bonchev–Trinajstić information content (AvgIpc) is 2.59. The van der Waals surface area contributed by atoms with E-state index in [1.807, 2.05) is 30.3 Å². The van der Waals surface area contributed by atoms with E-state index in [1.165, 1.54) is 13.0 Å². The molecule has 4 nitrogen and oxygen atoms in total. The SMILES string of the molecule is CC(=O)N(CCC(=O)Nc1c(F)cccc1F)CCc1ccccc1. The molecule has 0 saturated heterocycles. The molecule has 0 spiro atoms. The molecule has 0 fully saturated rings. The van der Waals surface area contributed by atoms with Crippen LogP contribution in [0.1, 0.15) is 18.9 Å². The Bertz CT molecular complexity index is 715. The van der Waals surface area contributed by atoms with Gasteiger partial charge in [-0.05, 0) is 24.1 Å². The van der Waals surface area contributed by atoms with Crippen molar-refractivity contribution < 1.29 is 18.4 Å². The molecule has 1 N–H and O–H groups in total. The Morgan fingerprint density at radius 1 is 0.960 bits per heavy atom. The van der Waals surface area contributed by atoms with Gasteiger partial charge in [0, 0.05) is 26.4 Å². The van der Waals surface area contributed by atoms with E-state index in [1.54, 1.807) is 4.90 Å². The fourth-order valence-corrected chi connectivity index (χ4v) is 2.39. The van der Waals surface area contributed by atoms with E-state index >= 15 is 0 Å². The molecule has 0 aliphatic rings. The molecule has 0 heterocycles. The molecular weight excluding hydrogens is 326 g/mol. The topological polar surface area (TPSA) is 49.4 Å². The van der Waals surface area contributed by atoms with Crippen molar-refractivity contribution in [2.24, 2.45) is 0 Å². The van der Waals surface area contributed by atoms with Crippen LogP contribution >= 0.6 is 0 Å². The van der Waals surface area contributed by atoms with E-state index in [0.29, 0.717) is 13.0 Å². The van der Waals surface area contributed by atoms with Crippen LogP contribution in [0.2, 0.25) is 0 Å². The maximum Gasteiger partial charge on any atom is 0.226 e. The van der Waals surface area contributed by atoms with E-state index in [2.05, 4.69) is 5.32 Å². The number of carbonyl (C=O) groups excluding carboxylic acids is 2. The smallest absolute Gasteiger partial charge is 0.226 e. The summed E-state index contributed by atoms with van der Waals surface area (Å²) in [6, 6.07) is 13.0. The molecule has 2 aromatic carbocycles. The quantitative estimate of drug-likeness (QED) is 0.835. The predicted octanol–water partition coefficient (Wildman–Crippen LogP) is 3.38. The molecule has 0 aliphatic heterocycles. The lowest BCUT2D eigenvalue weighted by atomic mass is 10.1. The number of amides is 2. The zero-order valence-electron chi connectivity index (χ0n) is 14.0.